The van der Waals surface area contributed by atoms with E-state index >= 15 is 0 Å². The lowest BCUT2D eigenvalue weighted by molar-refractivity contribution is -0.119. The first-order valence-electron chi connectivity index (χ1n) is 10.3. The van der Waals surface area contributed by atoms with Crippen LogP contribution in [0.2, 0.25) is 0 Å². The van der Waals surface area contributed by atoms with Crippen LogP contribution in [0.25, 0.3) is 6.08 Å². The Bertz CT molecular complexity index is 1060. The van der Waals surface area contributed by atoms with Crippen LogP contribution in [-0.4, -0.2) is 37.0 Å². The van der Waals surface area contributed by atoms with Crippen LogP contribution in [0.1, 0.15) is 41.3 Å². The molecular formula is C24H23FN2O4. The number of hydrogen-bond donors (Lipinski definition) is 1. The summed E-state index contributed by atoms with van der Waals surface area (Å²) >= 11 is 0. The second kappa shape index (κ2) is 8.71. The average molecular weight is 422 g/mol. The highest BCUT2D eigenvalue weighted by Crippen LogP contribution is 2.30. The Morgan fingerprint density at radius 1 is 1.19 bits per heavy atom. The number of ketones is 1. The molecule has 1 heterocycles. The molecule has 1 aliphatic heterocycles. The second-order valence-electron chi connectivity index (χ2n) is 7.80. The summed E-state index contributed by atoms with van der Waals surface area (Å²) in [5.74, 6) is -0.537. The van der Waals surface area contributed by atoms with Gasteiger partial charge in [-0.15, -0.1) is 0 Å². The molecule has 1 N–H and O–H groups in total. The number of amides is 2. The Labute approximate surface area is 179 Å². The number of nitrogens with one attached hydrogen (secondary N) is 1. The molecule has 160 valence electrons. The quantitative estimate of drug-likeness (QED) is 0.599. The van der Waals surface area contributed by atoms with Gasteiger partial charge in [-0.25, -0.2) is 9.18 Å². The van der Waals surface area contributed by atoms with Gasteiger partial charge >= 0.3 is 6.09 Å². The molecule has 4 rings (SSSR count). The topological polar surface area (TPSA) is 75.7 Å². The van der Waals surface area contributed by atoms with E-state index in [1.54, 1.807) is 24.3 Å². The van der Waals surface area contributed by atoms with Crippen molar-refractivity contribution in [2.45, 2.75) is 32.3 Å². The van der Waals surface area contributed by atoms with Gasteiger partial charge in [0.1, 0.15) is 11.9 Å². The minimum Gasteiger partial charge on any atom is -0.442 e. The number of halogens is 1. The molecule has 1 aliphatic carbocycles. The van der Waals surface area contributed by atoms with E-state index in [4.69, 9.17) is 4.74 Å². The van der Waals surface area contributed by atoms with Crippen molar-refractivity contribution in [2.24, 2.45) is 0 Å². The first-order chi connectivity index (χ1) is 14.9. The number of Topliss-reactive ketones (excluding diaryl/α,β-unsaturated/α-hetero) is 1. The van der Waals surface area contributed by atoms with Crippen LogP contribution in [0.3, 0.4) is 0 Å². The summed E-state index contributed by atoms with van der Waals surface area (Å²) in [6.45, 7) is 2.01. The Morgan fingerprint density at radius 3 is 2.71 bits per heavy atom. The molecule has 0 unspecified atom stereocenters. The number of cyclic esters (lactones) is 1. The van der Waals surface area contributed by atoms with E-state index in [2.05, 4.69) is 5.32 Å². The lowest BCUT2D eigenvalue weighted by Crippen LogP contribution is -2.33. The number of carbonyl (C=O) groups excluding carboxylic acids is 3. The van der Waals surface area contributed by atoms with Crippen molar-refractivity contribution >= 4 is 29.5 Å². The molecule has 2 aromatic carbocycles. The average Bonchev–Trinajstić information content (AvgIpc) is 3.05. The molecule has 1 saturated heterocycles. The van der Waals surface area contributed by atoms with Gasteiger partial charge in [0.25, 0.3) is 0 Å². The van der Waals surface area contributed by atoms with Crippen LogP contribution in [0.15, 0.2) is 48.0 Å². The number of carbonyl (C=O) groups is 3. The number of ether oxygens (including phenoxy) is 1. The third-order valence-electron chi connectivity index (χ3n) is 5.49. The highest BCUT2D eigenvalue weighted by Gasteiger charge is 2.33. The van der Waals surface area contributed by atoms with Crippen LogP contribution >= 0.6 is 0 Å². The highest BCUT2D eigenvalue weighted by molar-refractivity contribution is 6.12. The predicted octanol–water partition coefficient (Wildman–Crippen LogP) is 3.89. The molecule has 0 aromatic heterocycles. The second-order valence-corrected chi connectivity index (χ2v) is 7.80. The summed E-state index contributed by atoms with van der Waals surface area (Å²) in [4.78, 5) is 38.0. The number of anilines is 1. The molecule has 7 heteroatoms. The fourth-order valence-corrected chi connectivity index (χ4v) is 3.93. The van der Waals surface area contributed by atoms with Gasteiger partial charge in [-0.2, -0.15) is 0 Å². The van der Waals surface area contributed by atoms with Crippen LogP contribution in [-0.2, 0) is 16.0 Å². The molecule has 0 radical (unpaired) electrons. The van der Waals surface area contributed by atoms with Gasteiger partial charge in [-0.3, -0.25) is 14.5 Å². The smallest absolute Gasteiger partial charge is 0.414 e. The SMILES string of the molecule is CC(=O)NC[C@H]1CN(c2ccc3c(c2)CCC/C(=C\c2ccc(F)cc2)C3=O)C(=O)O1. The third-order valence-corrected chi connectivity index (χ3v) is 5.49. The van der Waals surface area contributed by atoms with E-state index < -0.39 is 12.2 Å². The van der Waals surface area contributed by atoms with E-state index in [0.717, 1.165) is 17.5 Å². The first-order valence-corrected chi connectivity index (χ1v) is 10.3. The summed E-state index contributed by atoms with van der Waals surface area (Å²) in [6.07, 6.45) is 3.08. The van der Waals surface area contributed by atoms with Gasteiger partial charge < -0.3 is 10.1 Å². The summed E-state index contributed by atoms with van der Waals surface area (Å²) in [7, 11) is 0. The molecule has 0 saturated carbocycles. The molecule has 0 spiro atoms. The maximum atomic E-state index is 13.2. The zero-order valence-electron chi connectivity index (χ0n) is 17.2. The predicted molar refractivity (Wildman–Crippen MR) is 114 cm³/mol. The van der Waals surface area contributed by atoms with Gasteiger partial charge in [-0.1, -0.05) is 12.1 Å². The van der Waals surface area contributed by atoms with E-state index in [9.17, 15) is 18.8 Å². The molecule has 2 aliphatic rings. The van der Waals surface area contributed by atoms with Gasteiger partial charge in [0.2, 0.25) is 5.91 Å². The third kappa shape index (κ3) is 4.66. The fraction of sp³-hybridized carbons (Fsp3) is 0.292. The zero-order chi connectivity index (χ0) is 22.0. The van der Waals surface area contributed by atoms with Crippen molar-refractivity contribution in [1.82, 2.24) is 5.32 Å². The molecule has 6 nitrogen and oxygen atoms in total. The van der Waals surface area contributed by atoms with Gasteiger partial charge in [0, 0.05) is 23.7 Å². The number of hydrogen-bond acceptors (Lipinski definition) is 4. The van der Waals surface area contributed by atoms with Crippen molar-refractivity contribution < 1.29 is 23.5 Å². The van der Waals surface area contributed by atoms with E-state index in [0.29, 0.717) is 36.2 Å². The first kappa shape index (κ1) is 20.8. The Kier molecular flexibility index (Phi) is 5.84. The fourth-order valence-electron chi connectivity index (χ4n) is 3.93. The van der Waals surface area contributed by atoms with Crippen LogP contribution in [0.4, 0.5) is 14.9 Å². The summed E-state index contributed by atoms with van der Waals surface area (Å²) in [5.41, 5.74) is 3.66. The Balaban J connectivity index is 1.55. The number of rotatable bonds is 4. The summed E-state index contributed by atoms with van der Waals surface area (Å²) < 4.78 is 18.5. The molecule has 0 bridgehead atoms. The normalized spacial score (nSPS) is 19.7. The van der Waals surface area contributed by atoms with Gasteiger partial charge in [-0.05, 0) is 66.8 Å². The maximum Gasteiger partial charge on any atom is 0.414 e. The largest absolute Gasteiger partial charge is 0.442 e. The van der Waals surface area contributed by atoms with Gasteiger partial charge in [0.15, 0.2) is 5.78 Å². The molecule has 1 fully saturated rings. The number of fused-ring (bicyclic) bond motifs is 1. The molecule has 31 heavy (non-hydrogen) atoms. The van der Waals surface area contributed by atoms with E-state index in [1.807, 2.05) is 12.1 Å². The Morgan fingerprint density at radius 2 is 1.97 bits per heavy atom. The van der Waals surface area contributed by atoms with Crippen LogP contribution < -0.4 is 10.2 Å². The monoisotopic (exact) mass is 422 g/mol. The highest BCUT2D eigenvalue weighted by atomic mass is 19.1. The van der Waals surface area contributed by atoms with E-state index in [1.165, 1.54) is 24.0 Å². The zero-order valence-corrected chi connectivity index (χ0v) is 17.2. The van der Waals surface area contributed by atoms with E-state index in [-0.39, 0.29) is 24.1 Å². The molecule has 2 amide bonds. The number of aryl methyl sites for hydroxylation is 1. The minimum absolute atomic E-state index is 0.0455. The van der Waals surface area contributed by atoms with Crippen LogP contribution in [0, 0.1) is 5.82 Å². The molecular weight excluding hydrogens is 399 g/mol. The van der Waals surface area contributed by atoms with Crippen molar-refractivity contribution in [3.05, 3.63) is 70.5 Å². The summed E-state index contributed by atoms with van der Waals surface area (Å²) in [6, 6.07) is 11.4. The van der Waals surface area contributed by atoms with Crippen LogP contribution in [0.5, 0.6) is 0 Å². The lowest BCUT2D eigenvalue weighted by Gasteiger charge is -2.16. The van der Waals surface area contributed by atoms with Crippen molar-refractivity contribution in [1.29, 1.82) is 0 Å². The number of nitrogens with zero attached hydrogens (tertiary/aromatic N) is 1. The summed E-state index contributed by atoms with van der Waals surface area (Å²) in [5, 5.41) is 2.66. The van der Waals surface area contributed by atoms with Gasteiger partial charge in [0.05, 0.1) is 13.1 Å². The van der Waals surface area contributed by atoms with Crippen molar-refractivity contribution in [3.8, 4) is 0 Å². The number of benzene rings is 2. The standard InChI is InChI=1S/C24H23FN2O4/c1-15(28)26-13-21-14-27(24(30)31-21)20-9-10-22-17(12-20)3-2-4-18(23(22)29)11-16-5-7-19(25)8-6-16/h5-12,21H,2-4,13-14H2,1H3,(H,26,28)/b18-11+/t21-/m0/s1. The maximum absolute atomic E-state index is 13.2. The number of allylic oxidation sites excluding steroid dienone is 1. The minimum atomic E-state index is -0.466. The lowest BCUT2D eigenvalue weighted by atomic mass is 9.97. The Hall–Kier alpha value is -3.48. The van der Waals surface area contributed by atoms with Crippen molar-refractivity contribution in [2.75, 3.05) is 18.0 Å². The molecule has 2 aromatic rings. The van der Waals surface area contributed by atoms with Crippen molar-refractivity contribution in [3.63, 3.8) is 0 Å². The molecule has 1 atom stereocenters.